The zero-order valence-corrected chi connectivity index (χ0v) is 14.3. The van der Waals surface area contributed by atoms with Crippen LogP contribution < -0.4 is 0 Å². The highest BCUT2D eigenvalue weighted by Crippen LogP contribution is 2.23. The van der Waals surface area contributed by atoms with Crippen LogP contribution in [0.4, 0.5) is 4.39 Å². The van der Waals surface area contributed by atoms with E-state index in [-0.39, 0.29) is 4.90 Å². The lowest BCUT2D eigenvalue weighted by Crippen LogP contribution is -2.33. The second-order valence-electron chi connectivity index (χ2n) is 4.69. The van der Waals surface area contributed by atoms with Gasteiger partial charge in [-0.2, -0.15) is 4.31 Å². The molecule has 0 bridgehead atoms. The average Bonchev–Trinajstić information content (AvgIpc) is 2.38. The first-order valence-corrected chi connectivity index (χ1v) is 9.12. The van der Waals surface area contributed by atoms with Crippen molar-refractivity contribution in [2.75, 3.05) is 13.1 Å². The summed E-state index contributed by atoms with van der Waals surface area (Å²) in [5.41, 5.74) is 0. The van der Waals surface area contributed by atoms with Crippen LogP contribution in [0.15, 0.2) is 27.6 Å². The number of sulfonamides is 1. The van der Waals surface area contributed by atoms with E-state index in [2.05, 4.69) is 15.9 Å². The fourth-order valence-corrected chi connectivity index (χ4v) is 3.74. The normalized spacial score (nSPS) is 12.1. The molecule has 0 aliphatic heterocycles. The lowest BCUT2D eigenvalue weighted by Gasteiger charge is -2.22. The molecular weight excluding hydrogens is 345 g/mol. The van der Waals surface area contributed by atoms with Gasteiger partial charge in [0, 0.05) is 17.6 Å². The molecule has 0 saturated heterocycles. The Morgan fingerprint density at radius 2 is 1.70 bits per heavy atom. The number of rotatable bonds is 8. The van der Waals surface area contributed by atoms with Crippen molar-refractivity contribution in [3.63, 3.8) is 0 Å². The maximum atomic E-state index is 13.9. The van der Waals surface area contributed by atoms with Gasteiger partial charge in [-0.15, -0.1) is 0 Å². The van der Waals surface area contributed by atoms with Gasteiger partial charge in [-0.25, -0.2) is 12.8 Å². The molecule has 0 aliphatic carbocycles. The fourth-order valence-electron chi connectivity index (χ4n) is 1.84. The molecule has 3 nitrogen and oxygen atoms in total. The summed E-state index contributed by atoms with van der Waals surface area (Å²) < 4.78 is 40.9. The van der Waals surface area contributed by atoms with Crippen LogP contribution in [0, 0.1) is 5.82 Å². The number of benzene rings is 1. The largest absolute Gasteiger partial charge is 0.245 e. The maximum Gasteiger partial charge on any atom is 0.245 e. The molecule has 6 heteroatoms. The molecule has 1 rings (SSSR count). The van der Waals surface area contributed by atoms with Gasteiger partial charge in [-0.05, 0) is 31.0 Å². The van der Waals surface area contributed by atoms with Crippen LogP contribution >= 0.6 is 15.9 Å². The topological polar surface area (TPSA) is 37.4 Å². The van der Waals surface area contributed by atoms with Crippen molar-refractivity contribution >= 4 is 26.0 Å². The lowest BCUT2D eigenvalue weighted by molar-refractivity contribution is 0.392. The Labute approximate surface area is 129 Å². The van der Waals surface area contributed by atoms with Crippen LogP contribution in [0.25, 0.3) is 0 Å². The van der Waals surface area contributed by atoms with Crippen molar-refractivity contribution in [3.8, 4) is 0 Å². The Hall–Kier alpha value is -0.460. The molecular formula is C14H21BrFNO2S. The molecule has 1 aromatic carbocycles. The molecule has 0 fully saturated rings. The Balaban J connectivity index is 3.07. The minimum atomic E-state index is -3.76. The summed E-state index contributed by atoms with van der Waals surface area (Å²) in [5, 5.41) is 0. The zero-order valence-electron chi connectivity index (χ0n) is 11.9. The maximum absolute atomic E-state index is 13.9. The van der Waals surface area contributed by atoms with Crippen molar-refractivity contribution in [1.29, 1.82) is 0 Å². The van der Waals surface area contributed by atoms with E-state index in [0.717, 1.165) is 25.7 Å². The molecule has 0 N–H and O–H groups in total. The highest BCUT2D eigenvalue weighted by molar-refractivity contribution is 9.10. The molecule has 0 unspecified atom stereocenters. The van der Waals surface area contributed by atoms with E-state index < -0.39 is 15.8 Å². The van der Waals surface area contributed by atoms with Crippen LogP contribution in [0.2, 0.25) is 0 Å². The van der Waals surface area contributed by atoms with Gasteiger partial charge in [0.1, 0.15) is 10.7 Å². The van der Waals surface area contributed by atoms with Gasteiger partial charge in [0.25, 0.3) is 0 Å². The van der Waals surface area contributed by atoms with Crippen LogP contribution in [-0.4, -0.2) is 25.8 Å². The van der Waals surface area contributed by atoms with Crippen LogP contribution in [0.1, 0.15) is 39.5 Å². The zero-order chi connectivity index (χ0) is 15.2. The van der Waals surface area contributed by atoms with Gasteiger partial charge in [-0.1, -0.05) is 42.6 Å². The average molecular weight is 366 g/mol. The number of hydrogen-bond donors (Lipinski definition) is 0. The number of unbranched alkanes of at least 4 members (excludes halogenated alkanes) is 2. The Morgan fingerprint density at radius 1 is 1.15 bits per heavy atom. The highest BCUT2D eigenvalue weighted by Gasteiger charge is 2.26. The second-order valence-corrected chi connectivity index (χ2v) is 7.51. The SMILES string of the molecule is CCCCN(CCCC)S(=O)(=O)c1ccc(Br)cc1F. The second kappa shape index (κ2) is 8.10. The quantitative estimate of drug-likeness (QED) is 0.692. The number of halogens is 2. The smallest absolute Gasteiger partial charge is 0.207 e. The molecule has 20 heavy (non-hydrogen) atoms. The molecule has 1 aromatic rings. The molecule has 0 radical (unpaired) electrons. The molecule has 0 aliphatic rings. The van der Waals surface area contributed by atoms with Crippen LogP contribution in [-0.2, 0) is 10.0 Å². The first kappa shape index (κ1) is 17.6. The first-order valence-electron chi connectivity index (χ1n) is 6.88. The Morgan fingerprint density at radius 3 is 2.15 bits per heavy atom. The van der Waals surface area contributed by atoms with Crippen molar-refractivity contribution in [2.45, 2.75) is 44.4 Å². The number of hydrogen-bond acceptors (Lipinski definition) is 2. The molecule has 0 atom stereocenters. The van der Waals surface area contributed by atoms with Gasteiger partial charge in [0.05, 0.1) is 0 Å². The lowest BCUT2D eigenvalue weighted by atomic mass is 10.3. The molecule has 0 saturated carbocycles. The Kier molecular flexibility index (Phi) is 7.12. The third-order valence-electron chi connectivity index (χ3n) is 3.03. The van der Waals surface area contributed by atoms with E-state index in [4.69, 9.17) is 0 Å². The van der Waals surface area contributed by atoms with E-state index in [0.29, 0.717) is 17.6 Å². The van der Waals surface area contributed by atoms with Gasteiger partial charge in [-0.3, -0.25) is 0 Å². The van der Waals surface area contributed by atoms with Crippen molar-refractivity contribution in [3.05, 3.63) is 28.5 Å². The monoisotopic (exact) mass is 365 g/mol. The first-order chi connectivity index (χ1) is 9.43. The van der Waals surface area contributed by atoms with E-state index >= 15 is 0 Å². The predicted octanol–water partition coefficient (Wildman–Crippen LogP) is 4.18. The van der Waals surface area contributed by atoms with E-state index in [9.17, 15) is 12.8 Å². The summed E-state index contributed by atoms with van der Waals surface area (Å²) >= 11 is 3.14. The van der Waals surface area contributed by atoms with Crippen LogP contribution in [0.3, 0.4) is 0 Å². The molecule has 0 spiro atoms. The predicted molar refractivity (Wildman–Crippen MR) is 82.7 cm³/mol. The van der Waals surface area contributed by atoms with Gasteiger partial charge < -0.3 is 0 Å². The summed E-state index contributed by atoms with van der Waals surface area (Å²) in [7, 11) is -3.76. The summed E-state index contributed by atoms with van der Waals surface area (Å²) in [6, 6.07) is 4.05. The minimum absolute atomic E-state index is 0.243. The third kappa shape index (κ3) is 4.53. The van der Waals surface area contributed by atoms with E-state index in [1.54, 1.807) is 6.07 Å². The molecule has 0 heterocycles. The van der Waals surface area contributed by atoms with Crippen molar-refractivity contribution in [1.82, 2.24) is 4.31 Å². The molecule has 0 amide bonds. The summed E-state index contributed by atoms with van der Waals surface area (Å²) in [6.07, 6.45) is 3.37. The number of nitrogens with zero attached hydrogens (tertiary/aromatic N) is 1. The summed E-state index contributed by atoms with van der Waals surface area (Å²) in [5.74, 6) is -0.711. The highest BCUT2D eigenvalue weighted by atomic mass is 79.9. The van der Waals surface area contributed by atoms with Crippen LogP contribution in [0.5, 0.6) is 0 Å². The Bertz CT molecular complexity index is 526. The van der Waals surface area contributed by atoms with Gasteiger partial charge in [0.15, 0.2) is 0 Å². The summed E-state index contributed by atoms with van der Waals surface area (Å²) in [6.45, 7) is 4.89. The molecule has 114 valence electrons. The van der Waals surface area contributed by atoms with E-state index in [1.807, 2.05) is 13.8 Å². The van der Waals surface area contributed by atoms with Crippen molar-refractivity contribution < 1.29 is 12.8 Å². The third-order valence-corrected chi connectivity index (χ3v) is 5.46. The minimum Gasteiger partial charge on any atom is -0.207 e. The fraction of sp³-hybridized carbons (Fsp3) is 0.571. The summed E-state index contributed by atoms with van der Waals surface area (Å²) in [4.78, 5) is -0.243. The van der Waals surface area contributed by atoms with Gasteiger partial charge in [0.2, 0.25) is 10.0 Å². The molecule has 0 aromatic heterocycles. The van der Waals surface area contributed by atoms with Crippen molar-refractivity contribution in [2.24, 2.45) is 0 Å². The van der Waals surface area contributed by atoms with E-state index in [1.165, 1.54) is 16.4 Å². The standard InChI is InChI=1S/C14H21BrFNO2S/c1-3-5-9-17(10-6-4-2)20(18,19)14-8-7-12(15)11-13(14)16/h7-8,11H,3-6,9-10H2,1-2H3. The van der Waals surface area contributed by atoms with Gasteiger partial charge >= 0.3 is 0 Å².